The van der Waals surface area contributed by atoms with Gasteiger partial charge < -0.3 is 15.5 Å². The second-order valence-electron chi connectivity index (χ2n) is 8.11. The van der Waals surface area contributed by atoms with Crippen LogP contribution >= 0.6 is 0 Å². The molecule has 2 atom stereocenters. The number of nitrogens with one attached hydrogen (secondary N) is 2. The van der Waals surface area contributed by atoms with Crippen molar-refractivity contribution in [1.29, 1.82) is 0 Å². The van der Waals surface area contributed by atoms with Gasteiger partial charge in [0, 0.05) is 48.4 Å². The highest BCUT2D eigenvalue weighted by molar-refractivity contribution is 5.94. The van der Waals surface area contributed by atoms with Gasteiger partial charge in [0.1, 0.15) is 0 Å². The summed E-state index contributed by atoms with van der Waals surface area (Å²) in [5.74, 6) is 0.935. The van der Waals surface area contributed by atoms with Crippen LogP contribution in [0.3, 0.4) is 0 Å². The van der Waals surface area contributed by atoms with Gasteiger partial charge in [-0.1, -0.05) is 6.92 Å². The topological polar surface area (TPSA) is 57.3 Å². The van der Waals surface area contributed by atoms with Crippen LogP contribution in [0.5, 0.6) is 0 Å². The van der Waals surface area contributed by atoms with Gasteiger partial charge in [-0.05, 0) is 55.6 Å². The first kappa shape index (κ1) is 19.1. The van der Waals surface area contributed by atoms with Crippen LogP contribution in [0, 0.1) is 11.8 Å². The zero-order valence-corrected chi connectivity index (χ0v) is 16.0. The Hall–Kier alpha value is -2.28. The van der Waals surface area contributed by atoms with E-state index < -0.39 is 6.43 Å². The highest BCUT2D eigenvalue weighted by Gasteiger charge is 2.29. The zero-order chi connectivity index (χ0) is 19.7. The number of pyridine rings is 1. The number of nitrogens with zero attached hydrogens (tertiary/aromatic N) is 2. The molecule has 28 heavy (non-hydrogen) atoms. The maximum Gasteiger partial charge on any atom is 0.265 e. The summed E-state index contributed by atoms with van der Waals surface area (Å²) >= 11 is 0. The number of hydrogen-bond acceptors (Lipinski definition) is 4. The molecule has 1 aromatic carbocycles. The van der Waals surface area contributed by atoms with E-state index in [1.54, 1.807) is 18.3 Å². The molecule has 2 saturated heterocycles. The number of amides is 1. The van der Waals surface area contributed by atoms with Crippen LogP contribution < -0.4 is 15.5 Å². The van der Waals surface area contributed by atoms with Gasteiger partial charge in [-0.3, -0.25) is 9.78 Å². The van der Waals surface area contributed by atoms with Crippen LogP contribution in [0.1, 0.15) is 31.8 Å². The van der Waals surface area contributed by atoms with Gasteiger partial charge in [0.15, 0.2) is 0 Å². The summed E-state index contributed by atoms with van der Waals surface area (Å²) in [4.78, 5) is 18.8. The molecule has 1 amide bonds. The number of anilines is 1. The molecule has 2 fully saturated rings. The predicted molar refractivity (Wildman–Crippen MR) is 106 cm³/mol. The molecule has 3 heterocycles. The van der Waals surface area contributed by atoms with Gasteiger partial charge in [0.25, 0.3) is 6.43 Å². The summed E-state index contributed by atoms with van der Waals surface area (Å²) in [6.07, 6.45) is 0.485. The summed E-state index contributed by atoms with van der Waals surface area (Å²) in [5.41, 5.74) is 1.22. The average Bonchev–Trinajstić information content (AvgIpc) is 2.63. The number of halogens is 2. The van der Waals surface area contributed by atoms with Gasteiger partial charge in [0.05, 0.1) is 5.52 Å². The Kier molecular flexibility index (Phi) is 5.44. The second-order valence-corrected chi connectivity index (χ2v) is 8.11. The van der Waals surface area contributed by atoms with Crippen molar-refractivity contribution in [2.75, 3.05) is 31.1 Å². The van der Waals surface area contributed by atoms with Crippen molar-refractivity contribution in [2.24, 2.45) is 11.8 Å². The number of carbonyl (C=O) groups excluding carboxylic acids is 1. The molecule has 2 N–H and O–H groups in total. The Morgan fingerprint density at radius 1 is 1.32 bits per heavy atom. The molecule has 0 saturated carbocycles. The molecule has 2 aliphatic heterocycles. The van der Waals surface area contributed by atoms with E-state index in [9.17, 15) is 13.6 Å². The highest BCUT2D eigenvalue weighted by Crippen LogP contribution is 2.34. The van der Waals surface area contributed by atoms with E-state index in [0.717, 1.165) is 37.1 Å². The van der Waals surface area contributed by atoms with E-state index in [2.05, 4.69) is 27.4 Å². The molecule has 2 aliphatic rings. The minimum absolute atomic E-state index is 0.0385. The summed E-state index contributed by atoms with van der Waals surface area (Å²) in [6.45, 7) is 5.50. The standard InChI is InChI=1S/C21H26F2N4O/c1-13-7-15(26-19(28)8-14-9-24-10-14)12-27(11-13)18-5-4-17(21(22)23)20-16(18)3-2-6-25-20/h2-6,13-15,21,24H,7-12H2,1H3,(H,26,28)/t13-,15+/m0/s1. The first-order valence-corrected chi connectivity index (χ1v) is 9.92. The maximum atomic E-state index is 13.4. The predicted octanol–water partition coefficient (Wildman–Crippen LogP) is 3.11. The molecule has 0 radical (unpaired) electrons. The van der Waals surface area contributed by atoms with Crippen molar-refractivity contribution >= 4 is 22.5 Å². The molecular formula is C21H26F2N4O. The van der Waals surface area contributed by atoms with Gasteiger partial charge >= 0.3 is 0 Å². The third kappa shape index (κ3) is 3.94. The van der Waals surface area contributed by atoms with Gasteiger partial charge in [-0.15, -0.1) is 0 Å². The van der Waals surface area contributed by atoms with E-state index in [0.29, 0.717) is 30.3 Å². The number of benzene rings is 1. The van der Waals surface area contributed by atoms with E-state index in [-0.39, 0.29) is 17.5 Å². The first-order chi connectivity index (χ1) is 13.5. The summed E-state index contributed by atoms with van der Waals surface area (Å²) in [7, 11) is 0. The lowest BCUT2D eigenvalue weighted by Gasteiger charge is -2.39. The zero-order valence-electron chi connectivity index (χ0n) is 16.0. The summed E-state index contributed by atoms with van der Waals surface area (Å²) in [6, 6.07) is 6.93. The Bertz CT molecular complexity index is 855. The molecule has 7 heteroatoms. The Morgan fingerprint density at radius 3 is 2.86 bits per heavy atom. The lowest BCUT2D eigenvalue weighted by molar-refractivity contribution is -0.123. The van der Waals surface area contributed by atoms with Crippen LogP contribution in [-0.2, 0) is 4.79 Å². The SMILES string of the molecule is C[C@H]1C[C@@H](NC(=O)CC2CNC2)CN(c2ccc(C(F)F)c3ncccc23)C1. The van der Waals surface area contributed by atoms with E-state index in [4.69, 9.17) is 0 Å². The monoisotopic (exact) mass is 388 g/mol. The summed E-state index contributed by atoms with van der Waals surface area (Å²) < 4.78 is 26.7. The van der Waals surface area contributed by atoms with Crippen LogP contribution in [0.2, 0.25) is 0 Å². The highest BCUT2D eigenvalue weighted by atomic mass is 19.3. The molecule has 2 aromatic rings. The minimum Gasteiger partial charge on any atom is -0.369 e. The summed E-state index contributed by atoms with van der Waals surface area (Å²) in [5, 5.41) is 7.11. The van der Waals surface area contributed by atoms with Gasteiger partial charge in [-0.25, -0.2) is 8.78 Å². The van der Waals surface area contributed by atoms with Crippen LogP contribution in [0.4, 0.5) is 14.5 Å². The molecular weight excluding hydrogens is 362 g/mol. The molecule has 0 unspecified atom stereocenters. The number of piperidine rings is 1. The van der Waals surface area contributed by atoms with Crippen molar-refractivity contribution in [2.45, 2.75) is 32.2 Å². The molecule has 150 valence electrons. The molecule has 5 nitrogen and oxygen atoms in total. The number of carbonyl (C=O) groups is 1. The minimum atomic E-state index is -2.56. The van der Waals surface area contributed by atoms with Gasteiger partial charge in [0.2, 0.25) is 5.91 Å². The lowest BCUT2D eigenvalue weighted by atomic mass is 9.93. The van der Waals surface area contributed by atoms with Crippen molar-refractivity contribution < 1.29 is 13.6 Å². The smallest absolute Gasteiger partial charge is 0.265 e. The Morgan fingerprint density at radius 2 is 2.14 bits per heavy atom. The third-order valence-corrected chi connectivity index (χ3v) is 5.72. The van der Waals surface area contributed by atoms with Crippen LogP contribution in [0.25, 0.3) is 10.9 Å². The van der Waals surface area contributed by atoms with Crippen LogP contribution in [-0.4, -0.2) is 43.1 Å². The quantitative estimate of drug-likeness (QED) is 0.826. The number of fused-ring (bicyclic) bond motifs is 1. The Balaban J connectivity index is 1.54. The van der Waals surface area contributed by atoms with Crippen molar-refractivity contribution in [3.8, 4) is 0 Å². The molecule has 0 bridgehead atoms. The fraction of sp³-hybridized carbons (Fsp3) is 0.524. The van der Waals surface area contributed by atoms with Crippen molar-refractivity contribution in [1.82, 2.24) is 15.6 Å². The van der Waals surface area contributed by atoms with E-state index in [1.165, 1.54) is 6.07 Å². The molecule has 4 rings (SSSR count). The van der Waals surface area contributed by atoms with E-state index in [1.807, 2.05) is 6.07 Å². The maximum absolute atomic E-state index is 13.4. The molecule has 1 aromatic heterocycles. The molecule has 0 aliphatic carbocycles. The third-order valence-electron chi connectivity index (χ3n) is 5.72. The normalized spacial score (nSPS) is 23.1. The Labute approximate surface area is 163 Å². The van der Waals surface area contributed by atoms with Crippen LogP contribution in [0.15, 0.2) is 30.5 Å². The second kappa shape index (κ2) is 7.99. The van der Waals surface area contributed by atoms with Crippen molar-refractivity contribution in [3.63, 3.8) is 0 Å². The van der Waals surface area contributed by atoms with Gasteiger partial charge in [-0.2, -0.15) is 0 Å². The molecule has 0 spiro atoms. The number of rotatable bonds is 5. The number of alkyl halides is 2. The fourth-order valence-electron chi connectivity index (χ4n) is 4.33. The average molecular weight is 388 g/mol. The van der Waals surface area contributed by atoms with E-state index >= 15 is 0 Å². The lowest BCUT2D eigenvalue weighted by Crippen LogP contribution is -2.52. The fourth-order valence-corrected chi connectivity index (χ4v) is 4.33. The number of aromatic nitrogens is 1. The largest absolute Gasteiger partial charge is 0.369 e. The first-order valence-electron chi connectivity index (χ1n) is 9.92. The van der Waals surface area contributed by atoms with Crippen molar-refractivity contribution in [3.05, 3.63) is 36.0 Å². The number of hydrogen-bond donors (Lipinski definition) is 2.